The third-order valence-electron chi connectivity index (χ3n) is 14.8. The molecule has 0 bridgehead atoms. The molecule has 0 aliphatic heterocycles. The van der Waals surface area contributed by atoms with E-state index in [4.69, 9.17) is 9.97 Å². The molecule has 0 radical (unpaired) electrons. The SMILES string of the molecule is CC1(C)c2ccccc2-c2ccc(-c3cc(-c4ccc(-n5c6ccccc6c6ccccc65)cc4)cc(-c4nc(-c5ccccc5)cc(-c5ccc6c(c5)C(C)(C)c5ccccc5-6)n4)c3)cc21. The smallest absolute Gasteiger partial charge is 0.160 e. The number of hydrogen-bond donors (Lipinski definition) is 0. The van der Waals surface area contributed by atoms with E-state index in [-0.39, 0.29) is 10.8 Å². The maximum Gasteiger partial charge on any atom is 0.160 e. The molecule has 0 spiro atoms. The Labute approximate surface area is 391 Å². The zero-order chi connectivity index (χ0) is 45.0. The van der Waals surface area contributed by atoms with E-state index in [0.717, 1.165) is 50.5 Å². The van der Waals surface area contributed by atoms with E-state index in [0.29, 0.717) is 5.82 Å². The van der Waals surface area contributed by atoms with E-state index in [1.54, 1.807) is 0 Å². The summed E-state index contributed by atoms with van der Waals surface area (Å²) < 4.78 is 2.38. The lowest BCUT2D eigenvalue weighted by molar-refractivity contribution is 0.660. The van der Waals surface area contributed by atoms with Crippen LogP contribution in [0.2, 0.25) is 0 Å². The van der Waals surface area contributed by atoms with Crippen molar-refractivity contribution in [2.75, 3.05) is 0 Å². The first kappa shape index (κ1) is 39.2. The number of hydrogen-bond acceptors (Lipinski definition) is 2. The predicted octanol–water partition coefficient (Wildman–Crippen LogP) is 16.5. The fourth-order valence-electron chi connectivity index (χ4n) is 11.3. The van der Waals surface area contributed by atoms with Crippen molar-refractivity contribution in [3.63, 3.8) is 0 Å². The average Bonchev–Trinajstić information content (AvgIpc) is 3.93. The van der Waals surface area contributed by atoms with Crippen LogP contribution in [0.1, 0.15) is 49.9 Å². The minimum absolute atomic E-state index is 0.126. The molecule has 0 saturated heterocycles. The van der Waals surface area contributed by atoms with Gasteiger partial charge in [-0.15, -0.1) is 0 Å². The highest BCUT2D eigenvalue weighted by molar-refractivity contribution is 6.09. The van der Waals surface area contributed by atoms with Crippen LogP contribution in [0.15, 0.2) is 212 Å². The van der Waals surface area contributed by atoms with Crippen LogP contribution in [0.5, 0.6) is 0 Å². The van der Waals surface area contributed by atoms with Gasteiger partial charge in [-0.2, -0.15) is 0 Å². The van der Waals surface area contributed by atoms with Gasteiger partial charge in [-0.3, -0.25) is 0 Å². The summed E-state index contributed by atoms with van der Waals surface area (Å²) in [7, 11) is 0. The zero-order valence-electron chi connectivity index (χ0n) is 38.0. The van der Waals surface area contributed by atoms with Gasteiger partial charge >= 0.3 is 0 Å². The molecule has 2 aliphatic rings. The minimum atomic E-state index is -0.133. The van der Waals surface area contributed by atoms with Crippen LogP contribution in [0.3, 0.4) is 0 Å². The molecule has 67 heavy (non-hydrogen) atoms. The third kappa shape index (κ3) is 6.11. The Balaban J connectivity index is 0.991. The molecular weight excluding hydrogens is 811 g/mol. The van der Waals surface area contributed by atoms with Gasteiger partial charge in [0.15, 0.2) is 5.82 Å². The van der Waals surface area contributed by atoms with Crippen LogP contribution in [-0.2, 0) is 10.8 Å². The van der Waals surface area contributed by atoms with Crippen molar-refractivity contribution < 1.29 is 0 Å². The molecule has 2 heterocycles. The van der Waals surface area contributed by atoms with Gasteiger partial charge in [-0.05, 0) is 127 Å². The molecule has 3 nitrogen and oxygen atoms in total. The molecule has 0 unspecified atom stereocenters. The zero-order valence-corrected chi connectivity index (χ0v) is 38.0. The van der Waals surface area contributed by atoms with Gasteiger partial charge in [0, 0.05) is 44.0 Å². The van der Waals surface area contributed by atoms with Crippen LogP contribution in [0.4, 0.5) is 0 Å². The second-order valence-corrected chi connectivity index (χ2v) is 19.4. The lowest BCUT2D eigenvalue weighted by atomic mass is 9.81. The van der Waals surface area contributed by atoms with Crippen LogP contribution >= 0.6 is 0 Å². The number of benzene rings is 9. The molecule has 2 aliphatic carbocycles. The Kier molecular flexibility index (Phi) is 8.60. The molecule has 0 atom stereocenters. The molecule has 2 aromatic heterocycles. The van der Waals surface area contributed by atoms with E-state index in [1.165, 1.54) is 71.9 Å². The van der Waals surface area contributed by atoms with Crippen molar-refractivity contribution in [3.05, 3.63) is 235 Å². The van der Waals surface area contributed by atoms with Crippen molar-refractivity contribution >= 4 is 21.8 Å². The first-order chi connectivity index (χ1) is 32.7. The molecule has 0 amide bonds. The van der Waals surface area contributed by atoms with Gasteiger partial charge in [0.25, 0.3) is 0 Å². The second-order valence-electron chi connectivity index (χ2n) is 19.4. The molecule has 9 aromatic carbocycles. The number of nitrogens with zero attached hydrogens (tertiary/aromatic N) is 3. The predicted molar refractivity (Wildman–Crippen MR) is 279 cm³/mol. The van der Waals surface area contributed by atoms with Crippen LogP contribution in [0, 0.1) is 0 Å². The van der Waals surface area contributed by atoms with Gasteiger partial charge in [0.2, 0.25) is 0 Å². The highest BCUT2D eigenvalue weighted by atomic mass is 15.0. The van der Waals surface area contributed by atoms with Gasteiger partial charge in [-0.25, -0.2) is 9.97 Å². The third-order valence-corrected chi connectivity index (χ3v) is 14.8. The summed E-state index contributed by atoms with van der Waals surface area (Å²) in [6.45, 7) is 9.38. The van der Waals surface area contributed by atoms with Crippen LogP contribution in [-0.4, -0.2) is 14.5 Å². The number of fused-ring (bicyclic) bond motifs is 9. The molecule has 13 rings (SSSR count). The molecule has 3 heteroatoms. The Morgan fingerprint density at radius 3 is 1.37 bits per heavy atom. The highest BCUT2D eigenvalue weighted by Crippen LogP contribution is 2.51. The first-order valence-corrected chi connectivity index (χ1v) is 23.4. The quantitative estimate of drug-likeness (QED) is 0.167. The Hall–Kier alpha value is -8.14. The van der Waals surface area contributed by atoms with Crippen molar-refractivity contribution in [3.8, 4) is 84.1 Å². The highest BCUT2D eigenvalue weighted by Gasteiger charge is 2.36. The Bertz CT molecular complexity index is 3740. The molecule has 11 aromatic rings. The van der Waals surface area contributed by atoms with E-state index < -0.39 is 0 Å². The van der Waals surface area contributed by atoms with E-state index in [1.807, 2.05) is 0 Å². The summed E-state index contributed by atoms with van der Waals surface area (Å²) in [5.74, 6) is 0.693. The molecule has 0 N–H and O–H groups in total. The largest absolute Gasteiger partial charge is 0.309 e. The topological polar surface area (TPSA) is 30.7 Å². The first-order valence-electron chi connectivity index (χ1n) is 23.4. The Morgan fingerprint density at radius 2 is 0.761 bits per heavy atom. The summed E-state index contributed by atoms with van der Waals surface area (Å²) in [6, 6.07) is 77.6. The second kappa shape index (κ2) is 14.7. The standard InChI is InChI=1S/C64H47N3/c1-63(2)54-22-12-8-18-48(54)50-32-28-42(37-56(50)63)45-34-44(40-26-30-47(31-27-40)67-60-24-14-10-20-52(60)53-21-11-15-25-61(53)67)35-46(36-45)62-65-58(41-16-6-5-7-17-41)39-59(66-62)43-29-33-51-49-19-9-13-23-55(49)64(3,4)57(51)38-43/h5-39H,1-4H3. The van der Waals surface area contributed by atoms with Crippen molar-refractivity contribution in [1.82, 2.24) is 14.5 Å². The molecule has 318 valence electrons. The summed E-state index contributed by atoms with van der Waals surface area (Å²) in [4.78, 5) is 10.9. The summed E-state index contributed by atoms with van der Waals surface area (Å²) in [6.07, 6.45) is 0. The van der Waals surface area contributed by atoms with Crippen molar-refractivity contribution in [1.29, 1.82) is 0 Å². The lowest BCUT2D eigenvalue weighted by Crippen LogP contribution is -2.15. The van der Waals surface area contributed by atoms with E-state index >= 15 is 0 Å². The molecule has 0 saturated carbocycles. The lowest BCUT2D eigenvalue weighted by Gasteiger charge is -2.22. The normalized spacial score (nSPS) is 13.9. The van der Waals surface area contributed by atoms with Crippen molar-refractivity contribution in [2.24, 2.45) is 0 Å². The molecular formula is C64H47N3. The van der Waals surface area contributed by atoms with Crippen LogP contribution < -0.4 is 0 Å². The van der Waals surface area contributed by atoms with Gasteiger partial charge in [0.05, 0.1) is 22.4 Å². The number of aromatic nitrogens is 3. The minimum Gasteiger partial charge on any atom is -0.309 e. The van der Waals surface area contributed by atoms with Gasteiger partial charge < -0.3 is 4.57 Å². The maximum absolute atomic E-state index is 5.49. The van der Waals surface area contributed by atoms with Crippen molar-refractivity contribution in [2.45, 2.75) is 38.5 Å². The van der Waals surface area contributed by atoms with E-state index in [9.17, 15) is 0 Å². The fourth-order valence-corrected chi connectivity index (χ4v) is 11.3. The molecule has 0 fully saturated rings. The summed E-state index contributed by atoms with van der Waals surface area (Å²) >= 11 is 0. The van der Waals surface area contributed by atoms with Gasteiger partial charge in [0.1, 0.15) is 0 Å². The van der Waals surface area contributed by atoms with E-state index in [2.05, 4.69) is 245 Å². The summed E-state index contributed by atoms with van der Waals surface area (Å²) in [5, 5.41) is 2.51. The average molecular weight is 858 g/mol. The summed E-state index contributed by atoms with van der Waals surface area (Å²) in [5.41, 5.74) is 23.3. The maximum atomic E-state index is 5.49. The number of rotatable bonds is 6. The Morgan fingerprint density at radius 1 is 0.313 bits per heavy atom. The van der Waals surface area contributed by atoms with Gasteiger partial charge in [-0.1, -0.05) is 179 Å². The number of para-hydroxylation sites is 2. The monoisotopic (exact) mass is 857 g/mol. The van der Waals surface area contributed by atoms with Crippen LogP contribution in [0.25, 0.3) is 106 Å². The fraction of sp³-hybridized carbons (Fsp3) is 0.0938.